The van der Waals surface area contributed by atoms with Crippen molar-refractivity contribution in [2.45, 2.75) is 64.6 Å². The van der Waals surface area contributed by atoms with Crippen LogP contribution in [0.1, 0.15) is 51.2 Å². The van der Waals surface area contributed by atoms with E-state index in [1.54, 1.807) is 0 Å². The molecule has 0 aromatic carbocycles. The van der Waals surface area contributed by atoms with Crippen LogP contribution in [-0.2, 0) is 13.0 Å². The number of nitrogens with zero attached hydrogens (tertiary/aromatic N) is 3. The van der Waals surface area contributed by atoms with Crippen LogP contribution in [0.3, 0.4) is 0 Å². The highest BCUT2D eigenvalue weighted by Gasteiger charge is 2.26. The van der Waals surface area contributed by atoms with E-state index in [4.69, 9.17) is 10.3 Å². The molecule has 2 heterocycles. The Labute approximate surface area is 121 Å². The van der Waals surface area contributed by atoms with Gasteiger partial charge in [0.15, 0.2) is 5.82 Å². The largest absolute Gasteiger partial charge is 0.338 e. The molecule has 110 valence electrons. The summed E-state index contributed by atoms with van der Waals surface area (Å²) in [7, 11) is 0. The quantitative estimate of drug-likeness (QED) is 0.899. The van der Waals surface area contributed by atoms with Crippen molar-refractivity contribution in [2.24, 2.45) is 5.73 Å². The summed E-state index contributed by atoms with van der Waals surface area (Å²) in [6.45, 7) is 6.02. The van der Waals surface area contributed by atoms with Gasteiger partial charge in [-0.25, -0.2) is 0 Å². The molecule has 0 radical (unpaired) electrons. The van der Waals surface area contributed by atoms with Crippen LogP contribution in [0.5, 0.6) is 0 Å². The van der Waals surface area contributed by atoms with E-state index in [-0.39, 0.29) is 18.4 Å². The van der Waals surface area contributed by atoms with E-state index >= 15 is 0 Å². The lowest BCUT2D eigenvalue weighted by Crippen LogP contribution is -2.48. The van der Waals surface area contributed by atoms with E-state index in [1.807, 2.05) is 0 Å². The highest BCUT2D eigenvalue weighted by atomic mass is 35.5. The zero-order valence-electron chi connectivity index (χ0n) is 11.8. The fourth-order valence-corrected chi connectivity index (χ4v) is 2.66. The van der Waals surface area contributed by atoms with Crippen LogP contribution in [0.25, 0.3) is 0 Å². The minimum Gasteiger partial charge on any atom is -0.338 e. The Morgan fingerprint density at radius 2 is 2.26 bits per heavy atom. The molecule has 1 saturated heterocycles. The van der Waals surface area contributed by atoms with Crippen LogP contribution in [0.15, 0.2) is 4.52 Å². The molecular formula is C13H25ClN4O. The summed E-state index contributed by atoms with van der Waals surface area (Å²) in [5, 5.41) is 4.00. The first-order chi connectivity index (χ1) is 8.70. The van der Waals surface area contributed by atoms with Gasteiger partial charge in [-0.3, -0.25) is 4.90 Å². The Morgan fingerprint density at radius 3 is 2.95 bits per heavy atom. The standard InChI is InChI=1S/C13H24N4O.ClH/c1-3-6-12-15-13(18-16-12)9-17-8-5-4-7-11(17)10(2)14;/h10-11H,3-9,14H2,1-2H3;1H. The van der Waals surface area contributed by atoms with Gasteiger partial charge in [0, 0.05) is 18.5 Å². The third-order valence-electron chi connectivity index (χ3n) is 3.59. The molecular weight excluding hydrogens is 264 g/mol. The molecule has 0 amide bonds. The molecule has 1 aromatic rings. The predicted octanol–water partition coefficient (Wildman–Crippen LogP) is 2.15. The fraction of sp³-hybridized carbons (Fsp3) is 0.846. The Morgan fingerprint density at radius 1 is 1.47 bits per heavy atom. The van der Waals surface area contributed by atoms with Crippen molar-refractivity contribution in [1.82, 2.24) is 15.0 Å². The number of hydrogen-bond donors (Lipinski definition) is 1. The lowest BCUT2D eigenvalue weighted by atomic mass is 9.97. The van der Waals surface area contributed by atoms with Crippen LogP contribution >= 0.6 is 12.4 Å². The Balaban J connectivity index is 0.00000180. The van der Waals surface area contributed by atoms with Crippen molar-refractivity contribution in [3.8, 4) is 0 Å². The molecule has 0 spiro atoms. The number of nitrogens with two attached hydrogens (primary N) is 1. The van der Waals surface area contributed by atoms with Crippen molar-refractivity contribution in [3.63, 3.8) is 0 Å². The van der Waals surface area contributed by atoms with Gasteiger partial charge in [0.25, 0.3) is 0 Å². The van der Waals surface area contributed by atoms with E-state index in [0.717, 1.165) is 37.6 Å². The molecule has 1 aliphatic heterocycles. The van der Waals surface area contributed by atoms with E-state index < -0.39 is 0 Å². The van der Waals surface area contributed by atoms with Gasteiger partial charge in [-0.1, -0.05) is 18.5 Å². The monoisotopic (exact) mass is 288 g/mol. The zero-order valence-corrected chi connectivity index (χ0v) is 12.7. The first kappa shape index (κ1) is 16.4. The van der Waals surface area contributed by atoms with Crippen LogP contribution in [0.4, 0.5) is 0 Å². The molecule has 2 rings (SSSR count). The summed E-state index contributed by atoms with van der Waals surface area (Å²) in [6, 6.07) is 0.642. The van der Waals surface area contributed by atoms with E-state index in [0.29, 0.717) is 6.04 Å². The van der Waals surface area contributed by atoms with Gasteiger partial charge >= 0.3 is 0 Å². The normalized spacial score (nSPS) is 21.9. The molecule has 5 nitrogen and oxygen atoms in total. The van der Waals surface area contributed by atoms with Crippen molar-refractivity contribution in [2.75, 3.05) is 6.54 Å². The lowest BCUT2D eigenvalue weighted by Gasteiger charge is -2.37. The highest BCUT2D eigenvalue weighted by molar-refractivity contribution is 5.85. The molecule has 2 atom stereocenters. The smallest absolute Gasteiger partial charge is 0.240 e. The van der Waals surface area contributed by atoms with Gasteiger partial charge in [-0.05, 0) is 32.7 Å². The number of rotatable bonds is 5. The van der Waals surface area contributed by atoms with Crippen LogP contribution < -0.4 is 5.73 Å². The zero-order chi connectivity index (χ0) is 13.0. The number of likely N-dealkylation sites (tertiary alicyclic amines) is 1. The van der Waals surface area contributed by atoms with Gasteiger partial charge in [0.05, 0.1) is 6.54 Å². The summed E-state index contributed by atoms with van der Waals surface area (Å²) in [4.78, 5) is 6.81. The van der Waals surface area contributed by atoms with Crippen molar-refractivity contribution in [3.05, 3.63) is 11.7 Å². The highest BCUT2D eigenvalue weighted by Crippen LogP contribution is 2.20. The van der Waals surface area contributed by atoms with Gasteiger partial charge in [-0.2, -0.15) is 4.98 Å². The first-order valence-electron chi connectivity index (χ1n) is 7.01. The number of aromatic nitrogens is 2. The number of aryl methyl sites for hydroxylation is 1. The predicted molar refractivity (Wildman–Crippen MR) is 77.2 cm³/mol. The summed E-state index contributed by atoms with van der Waals surface area (Å²) >= 11 is 0. The van der Waals surface area contributed by atoms with Crippen LogP contribution in [0.2, 0.25) is 0 Å². The molecule has 19 heavy (non-hydrogen) atoms. The maximum Gasteiger partial charge on any atom is 0.240 e. The number of piperidine rings is 1. The molecule has 2 unspecified atom stereocenters. The topological polar surface area (TPSA) is 68.2 Å². The minimum absolute atomic E-state index is 0. The van der Waals surface area contributed by atoms with E-state index in [1.165, 1.54) is 19.3 Å². The van der Waals surface area contributed by atoms with E-state index in [9.17, 15) is 0 Å². The Kier molecular flexibility index (Phi) is 6.75. The SMILES string of the molecule is CCCc1noc(CN2CCCCC2C(C)N)n1.Cl. The summed E-state index contributed by atoms with van der Waals surface area (Å²) in [5.74, 6) is 1.55. The van der Waals surface area contributed by atoms with Gasteiger partial charge in [0.1, 0.15) is 0 Å². The lowest BCUT2D eigenvalue weighted by molar-refractivity contribution is 0.109. The number of hydrogen-bond acceptors (Lipinski definition) is 5. The summed E-state index contributed by atoms with van der Waals surface area (Å²) in [5.41, 5.74) is 6.06. The van der Waals surface area contributed by atoms with E-state index in [2.05, 4.69) is 28.9 Å². The van der Waals surface area contributed by atoms with Gasteiger partial charge in [-0.15, -0.1) is 12.4 Å². The Hall–Kier alpha value is -0.650. The maximum atomic E-state index is 6.06. The van der Waals surface area contributed by atoms with Crippen molar-refractivity contribution < 1.29 is 4.52 Å². The first-order valence-corrected chi connectivity index (χ1v) is 7.01. The maximum absolute atomic E-state index is 6.06. The van der Waals surface area contributed by atoms with Crippen LogP contribution in [-0.4, -0.2) is 33.7 Å². The number of halogens is 1. The molecule has 6 heteroatoms. The third kappa shape index (κ3) is 4.44. The summed E-state index contributed by atoms with van der Waals surface area (Å²) in [6.07, 6.45) is 5.62. The molecule has 0 bridgehead atoms. The second-order valence-corrected chi connectivity index (χ2v) is 5.25. The van der Waals surface area contributed by atoms with Crippen molar-refractivity contribution in [1.29, 1.82) is 0 Å². The second-order valence-electron chi connectivity index (χ2n) is 5.25. The van der Waals surface area contributed by atoms with Gasteiger partial charge < -0.3 is 10.3 Å². The molecule has 1 fully saturated rings. The fourth-order valence-electron chi connectivity index (χ4n) is 2.66. The van der Waals surface area contributed by atoms with Crippen LogP contribution in [0, 0.1) is 0 Å². The molecule has 1 aliphatic rings. The summed E-state index contributed by atoms with van der Waals surface area (Å²) < 4.78 is 5.30. The average molecular weight is 289 g/mol. The molecule has 2 N–H and O–H groups in total. The molecule has 0 saturated carbocycles. The Bertz CT molecular complexity index is 369. The third-order valence-corrected chi connectivity index (χ3v) is 3.59. The minimum atomic E-state index is 0. The molecule has 1 aromatic heterocycles. The van der Waals surface area contributed by atoms with Gasteiger partial charge in [0.2, 0.25) is 5.89 Å². The second kappa shape index (κ2) is 7.82. The van der Waals surface area contributed by atoms with Crippen molar-refractivity contribution >= 4 is 12.4 Å². The average Bonchev–Trinajstić information content (AvgIpc) is 2.77. The molecule has 0 aliphatic carbocycles.